The van der Waals surface area contributed by atoms with Crippen molar-refractivity contribution in [3.63, 3.8) is 0 Å². The molecule has 0 N–H and O–H groups in total. The molecule has 0 spiro atoms. The lowest BCUT2D eigenvalue weighted by atomic mass is 10.1. The first-order valence-corrected chi connectivity index (χ1v) is 10.1. The second-order valence-electron chi connectivity index (χ2n) is 6.16. The smallest absolute Gasteiger partial charge is 0.273 e. The van der Waals surface area contributed by atoms with Crippen molar-refractivity contribution >= 4 is 39.1 Å². The summed E-state index contributed by atoms with van der Waals surface area (Å²) in [5.41, 5.74) is 1.69. The highest BCUT2D eigenvalue weighted by atomic mass is 35.5. The predicted octanol–water partition coefficient (Wildman–Crippen LogP) is 5.97. The Morgan fingerprint density at radius 3 is 2.54 bits per heavy atom. The zero-order chi connectivity index (χ0) is 19.7. The fourth-order valence-electron chi connectivity index (χ4n) is 3.04. The Hall–Kier alpha value is -2.96. The SMILES string of the molecule is O=[N+]([O-])c1ccccc1CS(=O)c1ccc(Cl)cc1-c1cc2ccccc2o1. The molecule has 0 saturated heterocycles. The number of hydrogen-bond acceptors (Lipinski definition) is 4. The summed E-state index contributed by atoms with van der Waals surface area (Å²) in [6.45, 7) is 0. The summed E-state index contributed by atoms with van der Waals surface area (Å²) in [5, 5.41) is 12.7. The minimum atomic E-state index is -1.53. The molecule has 0 aliphatic rings. The lowest BCUT2D eigenvalue weighted by Gasteiger charge is -2.09. The highest BCUT2D eigenvalue weighted by Gasteiger charge is 2.20. The Bertz CT molecular complexity index is 1180. The van der Waals surface area contributed by atoms with Crippen molar-refractivity contribution < 1.29 is 13.5 Å². The summed E-state index contributed by atoms with van der Waals surface area (Å²) in [5.74, 6) is 0.570. The van der Waals surface area contributed by atoms with E-state index in [0.717, 1.165) is 5.39 Å². The number of benzene rings is 3. The summed E-state index contributed by atoms with van der Waals surface area (Å²) < 4.78 is 19.0. The third-order valence-electron chi connectivity index (χ3n) is 4.35. The number of fused-ring (bicyclic) bond motifs is 1. The number of para-hydroxylation sites is 2. The van der Waals surface area contributed by atoms with Crippen LogP contribution in [0.15, 0.2) is 82.1 Å². The van der Waals surface area contributed by atoms with Crippen LogP contribution in [0, 0.1) is 10.1 Å². The Kier molecular flexibility index (Phi) is 4.98. The molecule has 1 aromatic heterocycles. The van der Waals surface area contributed by atoms with E-state index >= 15 is 0 Å². The predicted molar refractivity (Wildman–Crippen MR) is 110 cm³/mol. The first-order valence-electron chi connectivity index (χ1n) is 8.42. The molecule has 0 aliphatic carbocycles. The van der Waals surface area contributed by atoms with Crippen molar-refractivity contribution in [2.24, 2.45) is 0 Å². The number of nitro benzene ring substituents is 1. The van der Waals surface area contributed by atoms with E-state index in [2.05, 4.69) is 0 Å². The quantitative estimate of drug-likeness (QED) is 0.299. The second-order valence-corrected chi connectivity index (χ2v) is 8.02. The Labute approximate surface area is 168 Å². The van der Waals surface area contributed by atoms with Crippen LogP contribution < -0.4 is 0 Å². The van der Waals surface area contributed by atoms with Gasteiger partial charge in [0, 0.05) is 27.6 Å². The number of halogens is 1. The number of rotatable bonds is 5. The molecule has 1 unspecified atom stereocenters. The minimum Gasteiger partial charge on any atom is -0.456 e. The standard InChI is InChI=1S/C21H14ClNO4S/c22-16-9-10-21(28(26)13-15-6-1-3-7-18(15)23(24)25)17(12-16)20-11-14-5-2-4-8-19(14)27-20/h1-12H,13H2. The van der Waals surface area contributed by atoms with Gasteiger partial charge in [0.15, 0.2) is 0 Å². The molecule has 0 saturated carbocycles. The Balaban J connectivity index is 1.76. The van der Waals surface area contributed by atoms with Gasteiger partial charge in [0.2, 0.25) is 0 Å². The van der Waals surface area contributed by atoms with Crippen LogP contribution in [0.25, 0.3) is 22.3 Å². The van der Waals surface area contributed by atoms with Gasteiger partial charge in [0.1, 0.15) is 11.3 Å². The van der Waals surface area contributed by atoms with Gasteiger partial charge >= 0.3 is 0 Å². The zero-order valence-electron chi connectivity index (χ0n) is 14.5. The third-order valence-corrected chi connectivity index (χ3v) is 6.01. The van der Waals surface area contributed by atoms with E-state index in [0.29, 0.717) is 32.4 Å². The lowest BCUT2D eigenvalue weighted by Crippen LogP contribution is -2.02. The molecule has 0 fully saturated rings. The second kappa shape index (κ2) is 7.58. The molecule has 3 aromatic carbocycles. The molecule has 0 bridgehead atoms. The molecule has 0 amide bonds. The molecule has 1 heterocycles. The fraction of sp³-hybridized carbons (Fsp3) is 0.0476. The van der Waals surface area contributed by atoms with Gasteiger partial charge in [0.05, 0.1) is 26.4 Å². The lowest BCUT2D eigenvalue weighted by molar-refractivity contribution is -0.385. The van der Waals surface area contributed by atoms with Gasteiger partial charge in [-0.25, -0.2) is 0 Å². The number of nitro groups is 1. The van der Waals surface area contributed by atoms with Gasteiger partial charge in [-0.15, -0.1) is 0 Å². The number of nitrogens with zero attached hydrogens (tertiary/aromatic N) is 1. The molecule has 1 atom stereocenters. The Morgan fingerprint density at radius 1 is 1.00 bits per heavy atom. The molecular formula is C21H14ClNO4S. The van der Waals surface area contributed by atoms with Crippen molar-refractivity contribution in [1.29, 1.82) is 0 Å². The highest BCUT2D eigenvalue weighted by molar-refractivity contribution is 7.84. The van der Waals surface area contributed by atoms with Crippen LogP contribution in [0.4, 0.5) is 5.69 Å². The molecule has 140 valence electrons. The van der Waals surface area contributed by atoms with E-state index in [1.165, 1.54) is 6.07 Å². The molecule has 4 rings (SSSR count). The average molecular weight is 412 g/mol. The van der Waals surface area contributed by atoms with Gasteiger partial charge in [-0.1, -0.05) is 48.0 Å². The summed E-state index contributed by atoms with van der Waals surface area (Å²) in [6, 6.07) is 20.8. The van der Waals surface area contributed by atoms with E-state index in [9.17, 15) is 14.3 Å². The van der Waals surface area contributed by atoms with Crippen molar-refractivity contribution in [2.75, 3.05) is 0 Å². The molecule has 0 aliphatic heterocycles. The van der Waals surface area contributed by atoms with Crippen LogP contribution in [0.3, 0.4) is 0 Å². The van der Waals surface area contributed by atoms with Gasteiger partial charge < -0.3 is 4.42 Å². The van der Waals surface area contributed by atoms with E-state index < -0.39 is 15.7 Å². The topological polar surface area (TPSA) is 73.3 Å². The fourth-order valence-corrected chi connectivity index (χ4v) is 4.52. The number of hydrogen-bond donors (Lipinski definition) is 0. The molecule has 28 heavy (non-hydrogen) atoms. The molecular weight excluding hydrogens is 398 g/mol. The monoisotopic (exact) mass is 411 g/mol. The van der Waals surface area contributed by atoms with Crippen molar-refractivity contribution in [1.82, 2.24) is 0 Å². The minimum absolute atomic E-state index is 0.0199. The summed E-state index contributed by atoms with van der Waals surface area (Å²) >= 11 is 6.17. The zero-order valence-corrected chi connectivity index (χ0v) is 16.1. The van der Waals surface area contributed by atoms with Gasteiger partial charge in [-0.05, 0) is 30.3 Å². The van der Waals surface area contributed by atoms with Crippen LogP contribution in [0.2, 0.25) is 5.02 Å². The normalized spacial score (nSPS) is 12.2. The maximum Gasteiger partial charge on any atom is 0.273 e. The molecule has 5 nitrogen and oxygen atoms in total. The maximum absolute atomic E-state index is 13.1. The van der Waals surface area contributed by atoms with Crippen molar-refractivity contribution in [3.8, 4) is 11.3 Å². The first kappa shape index (κ1) is 18.4. The third kappa shape index (κ3) is 3.56. The van der Waals surface area contributed by atoms with Crippen LogP contribution in [0.1, 0.15) is 5.56 Å². The Morgan fingerprint density at radius 2 is 1.75 bits per heavy atom. The van der Waals surface area contributed by atoms with Crippen LogP contribution in [-0.2, 0) is 16.6 Å². The molecule has 4 aromatic rings. The number of furan rings is 1. The summed E-state index contributed by atoms with van der Waals surface area (Å²) in [7, 11) is -1.53. The van der Waals surface area contributed by atoms with Crippen molar-refractivity contribution in [2.45, 2.75) is 10.6 Å². The van der Waals surface area contributed by atoms with Gasteiger partial charge in [-0.3, -0.25) is 14.3 Å². The van der Waals surface area contributed by atoms with E-state index in [4.69, 9.17) is 16.0 Å². The van der Waals surface area contributed by atoms with Crippen molar-refractivity contribution in [3.05, 3.63) is 93.5 Å². The van der Waals surface area contributed by atoms with E-state index in [-0.39, 0.29) is 11.4 Å². The van der Waals surface area contributed by atoms with Crippen LogP contribution in [0.5, 0.6) is 0 Å². The van der Waals surface area contributed by atoms with Crippen LogP contribution in [-0.4, -0.2) is 9.13 Å². The first-order chi connectivity index (χ1) is 13.5. The van der Waals surface area contributed by atoms with Gasteiger partial charge in [0.25, 0.3) is 5.69 Å². The van der Waals surface area contributed by atoms with E-state index in [1.807, 2.05) is 30.3 Å². The average Bonchev–Trinajstić information content (AvgIpc) is 3.12. The van der Waals surface area contributed by atoms with Gasteiger partial charge in [-0.2, -0.15) is 0 Å². The van der Waals surface area contributed by atoms with E-state index in [1.54, 1.807) is 36.4 Å². The molecule has 7 heteroatoms. The highest BCUT2D eigenvalue weighted by Crippen LogP contribution is 2.34. The maximum atomic E-state index is 13.1. The summed E-state index contributed by atoms with van der Waals surface area (Å²) in [4.78, 5) is 11.3. The summed E-state index contributed by atoms with van der Waals surface area (Å²) in [6.07, 6.45) is 0. The molecule has 0 radical (unpaired) electrons. The van der Waals surface area contributed by atoms with Crippen LogP contribution >= 0.6 is 11.6 Å². The largest absolute Gasteiger partial charge is 0.456 e.